The Labute approximate surface area is 120 Å². The van der Waals surface area contributed by atoms with Gasteiger partial charge < -0.3 is 15.3 Å². The first kappa shape index (κ1) is 14.9. The van der Waals surface area contributed by atoms with Gasteiger partial charge in [0.05, 0.1) is 0 Å². The molecule has 1 aromatic rings. The Morgan fingerprint density at radius 2 is 2.20 bits per heavy atom. The van der Waals surface area contributed by atoms with Gasteiger partial charge in [-0.3, -0.25) is 0 Å². The molecule has 1 saturated heterocycles. The first-order valence-electron chi connectivity index (χ1n) is 7.42. The lowest BCUT2D eigenvalue weighted by molar-refractivity contribution is 0.202. The summed E-state index contributed by atoms with van der Waals surface area (Å²) >= 11 is 0. The average Bonchev–Trinajstić information content (AvgIpc) is 2.96. The summed E-state index contributed by atoms with van der Waals surface area (Å²) in [6.07, 6.45) is 2.58. The number of aliphatic hydroxyl groups is 1. The van der Waals surface area contributed by atoms with E-state index in [2.05, 4.69) is 29.6 Å². The Balaban J connectivity index is 1.82. The number of hydrogen-bond donors (Lipinski definition) is 2. The van der Waals surface area contributed by atoms with Gasteiger partial charge in [0.25, 0.3) is 0 Å². The molecule has 0 bridgehead atoms. The molecule has 2 rings (SSSR count). The first-order chi connectivity index (χ1) is 9.70. The van der Waals surface area contributed by atoms with Crippen molar-refractivity contribution in [1.29, 1.82) is 0 Å². The van der Waals surface area contributed by atoms with E-state index in [9.17, 15) is 4.79 Å². The number of amides is 2. The van der Waals surface area contributed by atoms with Crippen LogP contribution in [0.3, 0.4) is 0 Å². The highest BCUT2D eigenvalue weighted by atomic mass is 16.3. The number of nitrogens with one attached hydrogen (secondary N) is 1. The van der Waals surface area contributed by atoms with Crippen molar-refractivity contribution in [1.82, 2.24) is 10.2 Å². The first-order valence-corrected chi connectivity index (χ1v) is 7.42. The molecule has 0 aliphatic carbocycles. The maximum absolute atomic E-state index is 12.1. The third-order valence-corrected chi connectivity index (χ3v) is 3.91. The standard InChI is InChI=1S/C16H24N2O2/c1-13(6-5-11-19)17-16(20)18-10-9-15(12-18)14-7-3-2-4-8-14/h2-4,7-8,13,15,19H,5-6,9-12H2,1H3,(H,17,20). The van der Waals surface area contributed by atoms with E-state index in [1.807, 2.05) is 17.9 Å². The Bertz CT molecular complexity index is 422. The lowest BCUT2D eigenvalue weighted by atomic mass is 9.99. The second kappa shape index (κ2) is 7.29. The van der Waals surface area contributed by atoms with Gasteiger partial charge in [-0.1, -0.05) is 30.3 Å². The Morgan fingerprint density at radius 3 is 2.90 bits per heavy atom. The van der Waals surface area contributed by atoms with E-state index in [4.69, 9.17) is 5.11 Å². The monoisotopic (exact) mass is 276 g/mol. The lowest BCUT2D eigenvalue weighted by Gasteiger charge is -2.21. The highest BCUT2D eigenvalue weighted by molar-refractivity contribution is 5.74. The quantitative estimate of drug-likeness (QED) is 0.867. The molecule has 1 heterocycles. The predicted octanol–water partition coefficient (Wildman–Crippen LogP) is 2.35. The van der Waals surface area contributed by atoms with Crippen LogP contribution in [0.25, 0.3) is 0 Å². The third kappa shape index (κ3) is 3.97. The van der Waals surface area contributed by atoms with Gasteiger partial charge in [0, 0.05) is 31.7 Å². The number of likely N-dealkylation sites (tertiary alicyclic amines) is 1. The zero-order valence-corrected chi connectivity index (χ0v) is 12.1. The lowest BCUT2D eigenvalue weighted by Crippen LogP contribution is -2.42. The topological polar surface area (TPSA) is 52.6 Å². The maximum Gasteiger partial charge on any atom is 0.317 e. The number of aliphatic hydroxyl groups excluding tert-OH is 1. The fourth-order valence-corrected chi connectivity index (χ4v) is 2.71. The number of carbonyl (C=O) groups excluding carboxylic acids is 1. The summed E-state index contributed by atoms with van der Waals surface area (Å²) in [5, 5.41) is 11.8. The Hall–Kier alpha value is -1.55. The predicted molar refractivity (Wildman–Crippen MR) is 79.7 cm³/mol. The largest absolute Gasteiger partial charge is 0.396 e. The van der Waals surface area contributed by atoms with E-state index >= 15 is 0 Å². The summed E-state index contributed by atoms with van der Waals surface area (Å²) in [4.78, 5) is 14.0. The van der Waals surface area contributed by atoms with Gasteiger partial charge in [-0.05, 0) is 31.7 Å². The number of benzene rings is 1. The number of rotatable bonds is 5. The van der Waals surface area contributed by atoms with E-state index in [1.165, 1.54) is 5.56 Å². The summed E-state index contributed by atoms with van der Waals surface area (Å²) in [7, 11) is 0. The van der Waals surface area contributed by atoms with Crippen molar-refractivity contribution in [3.8, 4) is 0 Å². The van der Waals surface area contributed by atoms with E-state index in [0.29, 0.717) is 5.92 Å². The Kier molecular flexibility index (Phi) is 5.41. The molecule has 2 N–H and O–H groups in total. The van der Waals surface area contributed by atoms with Crippen molar-refractivity contribution >= 4 is 6.03 Å². The molecule has 0 spiro atoms. The minimum Gasteiger partial charge on any atom is -0.396 e. The third-order valence-electron chi connectivity index (χ3n) is 3.91. The molecule has 1 fully saturated rings. The SMILES string of the molecule is CC(CCCO)NC(=O)N1CCC(c2ccccc2)C1. The molecule has 1 aliphatic rings. The van der Waals surface area contributed by atoms with Crippen LogP contribution in [0.15, 0.2) is 30.3 Å². The van der Waals surface area contributed by atoms with Gasteiger partial charge in [0.2, 0.25) is 0 Å². The van der Waals surface area contributed by atoms with Gasteiger partial charge in [0.15, 0.2) is 0 Å². The highest BCUT2D eigenvalue weighted by Gasteiger charge is 2.27. The second-order valence-corrected chi connectivity index (χ2v) is 5.56. The van der Waals surface area contributed by atoms with Gasteiger partial charge in [0.1, 0.15) is 0 Å². The van der Waals surface area contributed by atoms with Crippen LogP contribution in [0.5, 0.6) is 0 Å². The van der Waals surface area contributed by atoms with Crippen LogP contribution in [-0.2, 0) is 0 Å². The summed E-state index contributed by atoms with van der Waals surface area (Å²) < 4.78 is 0. The smallest absolute Gasteiger partial charge is 0.317 e. The molecule has 0 radical (unpaired) electrons. The van der Waals surface area contributed by atoms with E-state index < -0.39 is 0 Å². The summed E-state index contributed by atoms with van der Waals surface area (Å²) in [5.74, 6) is 0.453. The number of carbonyl (C=O) groups is 1. The molecular formula is C16H24N2O2. The van der Waals surface area contributed by atoms with Gasteiger partial charge in [-0.2, -0.15) is 0 Å². The van der Waals surface area contributed by atoms with Crippen LogP contribution in [0.2, 0.25) is 0 Å². The molecule has 0 saturated carbocycles. The molecule has 1 aromatic carbocycles. The van der Waals surface area contributed by atoms with Crippen molar-refractivity contribution < 1.29 is 9.90 Å². The molecule has 20 heavy (non-hydrogen) atoms. The van der Waals surface area contributed by atoms with Crippen LogP contribution < -0.4 is 5.32 Å². The number of urea groups is 1. The zero-order valence-electron chi connectivity index (χ0n) is 12.1. The van der Waals surface area contributed by atoms with Crippen molar-refractivity contribution in [2.75, 3.05) is 19.7 Å². The minimum atomic E-state index is 0.0221. The number of hydrogen-bond acceptors (Lipinski definition) is 2. The van der Waals surface area contributed by atoms with Crippen LogP contribution in [0.1, 0.15) is 37.7 Å². The van der Waals surface area contributed by atoms with E-state index in [1.54, 1.807) is 0 Å². The van der Waals surface area contributed by atoms with Crippen molar-refractivity contribution in [2.45, 2.75) is 38.1 Å². The summed E-state index contributed by atoms with van der Waals surface area (Å²) in [6, 6.07) is 10.5. The fraction of sp³-hybridized carbons (Fsp3) is 0.562. The van der Waals surface area contributed by atoms with Crippen LogP contribution >= 0.6 is 0 Å². The van der Waals surface area contributed by atoms with Crippen molar-refractivity contribution in [3.63, 3.8) is 0 Å². The molecule has 2 unspecified atom stereocenters. The molecule has 4 nitrogen and oxygen atoms in total. The highest BCUT2D eigenvalue weighted by Crippen LogP contribution is 2.26. The number of nitrogens with zero attached hydrogens (tertiary/aromatic N) is 1. The summed E-state index contributed by atoms with van der Waals surface area (Å²) in [6.45, 7) is 3.78. The van der Waals surface area contributed by atoms with Gasteiger partial charge >= 0.3 is 6.03 Å². The molecule has 0 aromatic heterocycles. The fourth-order valence-electron chi connectivity index (χ4n) is 2.71. The van der Waals surface area contributed by atoms with Crippen LogP contribution in [0.4, 0.5) is 4.79 Å². The zero-order chi connectivity index (χ0) is 14.4. The van der Waals surface area contributed by atoms with Crippen molar-refractivity contribution in [3.05, 3.63) is 35.9 Å². The normalized spacial score (nSPS) is 19.9. The average molecular weight is 276 g/mol. The minimum absolute atomic E-state index is 0.0221. The molecule has 110 valence electrons. The van der Waals surface area contributed by atoms with Gasteiger partial charge in [-0.25, -0.2) is 4.79 Å². The molecular weight excluding hydrogens is 252 g/mol. The van der Waals surface area contributed by atoms with Gasteiger partial charge in [-0.15, -0.1) is 0 Å². The maximum atomic E-state index is 12.1. The van der Waals surface area contributed by atoms with Crippen LogP contribution in [-0.4, -0.2) is 41.8 Å². The summed E-state index contributed by atoms with van der Waals surface area (Å²) in [5.41, 5.74) is 1.32. The van der Waals surface area contributed by atoms with Crippen LogP contribution in [0, 0.1) is 0 Å². The molecule has 2 amide bonds. The molecule has 2 atom stereocenters. The van der Waals surface area contributed by atoms with E-state index in [0.717, 1.165) is 32.4 Å². The molecule has 4 heteroatoms. The second-order valence-electron chi connectivity index (χ2n) is 5.56. The Morgan fingerprint density at radius 1 is 1.45 bits per heavy atom. The molecule has 1 aliphatic heterocycles. The van der Waals surface area contributed by atoms with E-state index in [-0.39, 0.29) is 18.7 Å². The van der Waals surface area contributed by atoms with Crippen molar-refractivity contribution in [2.24, 2.45) is 0 Å².